The number of aliphatic hydroxyl groups excluding tert-OH is 1. The van der Waals surface area contributed by atoms with Crippen LogP contribution in [-0.4, -0.2) is 34.2 Å². The molecule has 3 unspecified atom stereocenters. The first-order valence-electron chi connectivity index (χ1n) is 5.89. The number of aromatic hydroxyl groups is 1. The largest absolute Gasteiger partial charge is 0.508 e. The number of hydrogen-bond acceptors (Lipinski definition) is 3. The number of phenols is 1. The van der Waals surface area contributed by atoms with E-state index in [1.165, 1.54) is 0 Å². The van der Waals surface area contributed by atoms with Crippen LogP contribution >= 0.6 is 0 Å². The minimum atomic E-state index is 0.0332. The minimum absolute atomic E-state index is 0.0332. The predicted octanol–water partition coefficient (Wildman–Crippen LogP) is 0.589. The second-order valence-electron chi connectivity index (χ2n) is 4.88. The number of phenolic OH excluding ortho intramolecular Hbond substituents is 1. The molecule has 1 heterocycles. The highest BCUT2D eigenvalue weighted by Crippen LogP contribution is 2.52. The van der Waals surface area contributed by atoms with Crippen LogP contribution in [0, 0.1) is 17.8 Å². The Morgan fingerprint density at radius 1 is 1.35 bits per heavy atom. The van der Waals surface area contributed by atoms with E-state index in [0.29, 0.717) is 19.0 Å². The summed E-state index contributed by atoms with van der Waals surface area (Å²) in [6, 6.07) is 7.08. The number of para-hydroxylation sites is 1. The second-order valence-corrected chi connectivity index (χ2v) is 4.88. The fourth-order valence-electron chi connectivity index (χ4n) is 2.86. The number of hydrogen-bond donors (Lipinski definition) is 2. The molecule has 2 fully saturated rings. The Labute approximate surface area is 99.5 Å². The lowest BCUT2D eigenvalue weighted by molar-refractivity contribution is -0.131. The number of carbonyl (C=O) groups excluding carboxylic acids is 1. The summed E-state index contributed by atoms with van der Waals surface area (Å²) in [6.07, 6.45) is 0. The zero-order valence-corrected chi connectivity index (χ0v) is 9.41. The third-order valence-corrected chi connectivity index (χ3v) is 3.92. The fraction of sp³-hybridized carbons (Fsp3) is 0.462. The number of rotatable bonds is 3. The standard InChI is InChI=1S/C13H15NO3/c15-7-10-9-6-14(13(17)12(9)10)5-8-3-1-2-4-11(8)16/h1-4,9-10,12,15-16H,5-7H2. The van der Waals surface area contributed by atoms with Gasteiger partial charge >= 0.3 is 0 Å². The zero-order valence-electron chi connectivity index (χ0n) is 9.41. The highest BCUT2D eigenvalue weighted by atomic mass is 16.3. The molecule has 1 saturated heterocycles. The van der Waals surface area contributed by atoms with Gasteiger partial charge in [0.15, 0.2) is 0 Å². The molecule has 1 amide bonds. The van der Waals surface area contributed by atoms with Gasteiger partial charge in [0.25, 0.3) is 0 Å². The van der Waals surface area contributed by atoms with Crippen molar-refractivity contribution in [3.8, 4) is 5.75 Å². The first kappa shape index (κ1) is 10.6. The van der Waals surface area contributed by atoms with Gasteiger partial charge in [0.2, 0.25) is 5.91 Å². The molecule has 90 valence electrons. The van der Waals surface area contributed by atoms with Crippen LogP contribution in [0.1, 0.15) is 5.56 Å². The number of amides is 1. The van der Waals surface area contributed by atoms with Crippen molar-refractivity contribution in [2.45, 2.75) is 6.54 Å². The lowest BCUT2D eigenvalue weighted by Gasteiger charge is -2.20. The van der Waals surface area contributed by atoms with E-state index >= 15 is 0 Å². The third-order valence-electron chi connectivity index (χ3n) is 3.92. The molecule has 1 saturated carbocycles. The van der Waals surface area contributed by atoms with Crippen molar-refractivity contribution in [1.82, 2.24) is 4.90 Å². The molecule has 1 aromatic rings. The van der Waals surface area contributed by atoms with E-state index in [0.717, 1.165) is 5.56 Å². The van der Waals surface area contributed by atoms with Gasteiger partial charge in [-0.15, -0.1) is 0 Å². The summed E-state index contributed by atoms with van der Waals surface area (Å²) in [6.45, 7) is 1.30. The number of likely N-dealkylation sites (tertiary alicyclic amines) is 1. The van der Waals surface area contributed by atoms with E-state index < -0.39 is 0 Å². The lowest BCUT2D eigenvalue weighted by Crippen LogP contribution is -2.30. The summed E-state index contributed by atoms with van der Waals surface area (Å²) >= 11 is 0. The second kappa shape index (κ2) is 3.74. The maximum absolute atomic E-state index is 12.0. The summed E-state index contributed by atoms with van der Waals surface area (Å²) in [7, 11) is 0. The Hall–Kier alpha value is -1.55. The molecule has 2 N–H and O–H groups in total. The van der Waals surface area contributed by atoms with Gasteiger partial charge in [0.1, 0.15) is 5.75 Å². The normalized spacial score (nSPS) is 30.5. The zero-order chi connectivity index (χ0) is 12.0. The minimum Gasteiger partial charge on any atom is -0.508 e. The third kappa shape index (κ3) is 1.60. The molecule has 0 radical (unpaired) electrons. The van der Waals surface area contributed by atoms with Crippen LogP contribution in [0.25, 0.3) is 0 Å². The van der Waals surface area contributed by atoms with E-state index in [1.54, 1.807) is 17.0 Å². The van der Waals surface area contributed by atoms with Crippen molar-refractivity contribution in [1.29, 1.82) is 0 Å². The van der Waals surface area contributed by atoms with E-state index in [-0.39, 0.29) is 30.1 Å². The first-order chi connectivity index (χ1) is 8.22. The molecule has 1 aliphatic heterocycles. The summed E-state index contributed by atoms with van der Waals surface area (Å²) < 4.78 is 0. The number of benzene rings is 1. The van der Waals surface area contributed by atoms with Crippen LogP contribution in [0.2, 0.25) is 0 Å². The average Bonchev–Trinajstić information content (AvgIpc) is 2.94. The van der Waals surface area contributed by atoms with E-state index in [4.69, 9.17) is 5.11 Å². The quantitative estimate of drug-likeness (QED) is 0.803. The monoisotopic (exact) mass is 233 g/mol. The van der Waals surface area contributed by atoms with E-state index in [2.05, 4.69) is 0 Å². The highest BCUT2D eigenvalue weighted by molar-refractivity contribution is 5.85. The van der Waals surface area contributed by atoms with Gasteiger partial charge in [-0.3, -0.25) is 4.79 Å². The molecule has 4 heteroatoms. The van der Waals surface area contributed by atoms with Gasteiger partial charge in [-0.25, -0.2) is 0 Å². The van der Waals surface area contributed by atoms with Gasteiger partial charge in [-0.1, -0.05) is 18.2 Å². The molecule has 3 atom stereocenters. The van der Waals surface area contributed by atoms with Crippen LogP contribution < -0.4 is 0 Å². The molecule has 0 aromatic heterocycles. The smallest absolute Gasteiger partial charge is 0.226 e. The van der Waals surface area contributed by atoms with Crippen molar-refractivity contribution in [3.05, 3.63) is 29.8 Å². The van der Waals surface area contributed by atoms with Crippen molar-refractivity contribution in [2.75, 3.05) is 13.2 Å². The first-order valence-corrected chi connectivity index (χ1v) is 5.89. The number of nitrogens with zero attached hydrogens (tertiary/aromatic N) is 1. The Morgan fingerprint density at radius 3 is 2.71 bits per heavy atom. The Kier molecular flexibility index (Phi) is 2.33. The molecular formula is C13H15NO3. The van der Waals surface area contributed by atoms with Crippen LogP contribution in [0.5, 0.6) is 5.75 Å². The molecule has 1 aromatic carbocycles. The van der Waals surface area contributed by atoms with Gasteiger partial charge < -0.3 is 15.1 Å². The van der Waals surface area contributed by atoms with Crippen molar-refractivity contribution < 1.29 is 15.0 Å². The van der Waals surface area contributed by atoms with Gasteiger partial charge in [-0.2, -0.15) is 0 Å². The number of carbonyl (C=O) groups is 1. The molecule has 0 bridgehead atoms. The van der Waals surface area contributed by atoms with Crippen LogP contribution in [-0.2, 0) is 11.3 Å². The summed E-state index contributed by atoms with van der Waals surface area (Å²) in [5.74, 6) is 0.907. The molecule has 3 rings (SSSR count). The molecule has 17 heavy (non-hydrogen) atoms. The lowest BCUT2D eigenvalue weighted by atomic mass is 10.1. The molecule has 0 spiro atoms. The maximum atomic E-state index is 12.0. The summed E-state index contributed by atoms with van der Waals surface area (Å²) in [5.41, 5.74) is 0.780. The van der Waals surface area contributed by atoms with Crippen LogP contribution in [0.15, 0.2) is 24.3 Å². The van der Waals surface area contributed by atoms with Crippen LogP contribution in [0.4, 0.5) is 0 Å². The number of fused-ring (bicyclic) bond motifs is 1. The SMILES string of the molecule is O=C1C2C(CO)C2CN1Cc1ccccc1O. The summed E-state index contributed by atoms with van der Waals surface area (Å²) in [4.78, 5) is 13.7. The highest BCUT2D eigenvalue weighted by Gasteiger charge is 2.60. The van der Waals surface area contributed by atoms with Gasteiger partial charge in [0.05, 0.1) is 0 Å². The van der Waals surface area contributed by atoms with Crippen LogP contribution in [0.3, 0.4) is 0 Å². The Balaban J connectivity index is 1.69. The van der Waals surface area contributed by atoms with Crippen molar-refractivity contribution in [3.63, 3.8) is 0 Å². The maximum Gasteiger partial charge on any atom is 0.226 e. The van der Waals surface area contributed by atoms with Gasteiger partial charge in [0, 0.05) is 31.2 Å². The summed E-state index contributed by atoms with van der Waals surface area (Å²) in [5, 5.41) is 18.7. The fourth-order valence-corrected chi connectivity index (χ4v) is 2.86. The predicted molar refractivity (Wildman–Crippen MR) is 61.1 cm³/mol. The van der Waals surface area contributed by atoms with E-state index in [1.807, 2.05) is 12.1 Å². The Bertz CT molecular complexity index is 460. The van der Waals surface area contributed by atoms with E-state index in [9.17, 15) is 9.90 Å². The van der Waals surface area contributed by atoms with Crippen molar-refractivity contribution >= 4 is 5.91 Å². The number of piperidine rings is 1. The molecule has 2 aliphatic rings. The van der Waals surface area contributed by atoms with Crippen molar-refractivity contribution in [2.24, 2.45) is 17.8 Å². The van der Waals surface area contributed by atoms with Gasteiger partial charge in [-0.05, 0) is 17.9 Å². The number of aliphatic hydroxyl groups is 1. The molecule has 4 nitrogen and oxygen atoms in total. The Morgan fingerprint density at radius 2 is 2.12 bits per heavy atom. The molecule has 1 aliphatic carbocycles. The topological polar surface area (TPSA) is 60.8 Å². The average molecular weight is 233 g/mol. The molecular weight excluding hydrogens is 218 g/mol.